The number of aromatic nitrogens is 1. The van der Waals surface area contributed by atoms with Crippen LogP contribution in [-0.4, -0.2) is 10.1 Å². The number of benzene rings is 2. The Morgan fingerprint density at radius 1 is 1.05 bits per heavy atom. The van der Waals surface area contributed by atoms with Crippen LogP contribution in [0.15, 0.2) is 54.6 Å². The highest BCUT2D eigenvalue weighted by Crippen LogP contribution is 2.19. The normalized spacial score (nSPS) is 10.8. The zero-order chi connectivity index (χ0) is 14.7. The molecule has 3 aromatic rings. The van der Waals surface area contributed by atoms with Crippen LogP contribution in [0.4, 0.5) is 5.69 Å². The van der Waals surface area contributed by atoms with Crippen molar-refractivity contribution in [2.24, 2.45) is 0 Å². The van der Waals surface area contributed by atoms with Gasteiger partial charge in [0.1, 0.15) is 0 Å². The zero-order valence-corrected chi connectivity index (χ0v) is 12.0. The number of nitrogens with one attached hydrogen (secondary N) is 1. The van der Waals surface area contributed by atoms with Crippen LogP contribution < -0.4 is 5.32 Å². The molecular formula is C18H18N2O. The monoisotopic (exact) mass is 278 g/mol. The second-order valence-electron chi connectivity index (χ2n) is 5.15. The van der Waals surface area contributed by atoms with E-state index in [4.69, 9.17) is 5.11 Å². The van der Waals surface area contributed by atoms with Gasteiger partial charge in [0.25, 0.3) is 0 Å². The summed E-state index contributed by atoms with van der Waals surface area (Å²) in [6.07, 6.45) is 0. The highest BCUT2D eigenvalue weighted by molar-refractivity contribution is 5.82. The van der Waals surface area contributed by atoms with E-state index in [0.29, 0.717) is 0 Å². The number of rotatable bonds is 4. The van der Waals surface area contributed by atoms with Gasteiger partial charge in [-0.15, -0.1) is 0 Å². The molecule has 0 radical (unpaired) electrons. The maximum Gasteiger partial charge on any atom is 0.0708 e. The molecule has 0 saturated heterocycles. The van der Waals surface area contributed by atoms with E-state index in [1.54, 1.807) is 0 Å². The second kappa shape index (κ2) is 5.94. The largest absolute Gasteiger partial charge is 0.392 e. The molecule has 21 heavy (non-hydrogen) atoms. The van der Waals surface area contributed by atoms with Crippen LogP contribution >= 0.6 is 0 Å². The molecule has 0 aliphatic carbocycles. The first-order chi connectivity index (χ1) is 10.3. The van der Waals surface area contributed by atoms with Crippen molar-refractivity contribution in [1.82, 2.24) is 4.98 Å². The average Bonchev–Trinajstić information content (AvgIpc) is 2.53. The number of nitrogens with zero attached hydrogens (tertiary/aromatic N) is 1. The van der Waals surface area contributed by atoms with E-state index in [0.717, 1.165) is 29.0 Å². The Balaban J connectivity index is 1.84. The smallest absolute Gasteiger partial charge is 0.0708 e. The fraction of sp³-hybridized carbons (Fsp3) is 0.167. The van der Waals surface area contributed by atoms with Gasteiger partial charge in [-0.2, -0.15) is 0 Å². The molecule has 0 amide bonds. The fourth-order valence-corrected chi connectivity index (χ4v) is 2.47. The van der Waals surface area contributed by atoms with Crippen LogP contribution in [0.5, 0.6) is 0 Å². The van der Waals surface area contributed by atoms with E-state index in [-0.39, 0.29) is 6.61 Å². The van der Waals surface area contributed by atoms with Crippen molar-refractivity contribution in [2.75, 3.05) is 5.32 Å². The predicted molar refractivity (Wildman–Crippen MR) is 86.2 cm³/mol. The van der Waals surface area contributed by atoms with Crippen molar-refractivity contribution >= 4 is 16.6 Å². The lowest BCUT2D eigenvalue weighted by Crippen LogP contribution is -2.01. The minimum Gasteiger partial charge on any atom is -0.392 e. The van der Waals surface area contributed by atoms with Crippen molar-refractivity contribution in [3.63, 3.8) is 0 Å². The van der Waals surface area contributed by atoms with E-state index in [2.05, 4.69) is 22.4 Å². The van der Waals surface area contributed by atoms with Gasteiger partial charge in [-0.3, -0.25) is 4.98 Å². The molecule has 0 aliphatic rings. The number of para-hydroxylation sites is 1. The van der Waals surface area contributed by atoms with Crippen LogP contribution in [0.25, 0.3) is 10.9 Å². The van der Waals surface area contributed by atoms with Crippen molar-refractivity contribution in [3.8, 4) is 0 Å². The predicted octanol–water partition coefficient (Wildman–Crippen LogP) is 3.65. The zero-order valence-electron chi connectivity index (χ0n) is 12.0. The number of aryl methyl sites for hydroxylation is 1. The number of anilines is 1. The maximum atomic E-state index is 9.06. The van der Waals surface area contributed by atoms with Gasteiger partial charge in [0, 0.05) is 23.3 Å². The first kappa shape index (κ1) is 13.6. The summed E-state index contributed by atoms with van der Waals surface area (Å²) in [7, 11) is 0. The van der Waals surface area contributed by atoms with Crippen molar-refractivity contribution in [3.05, 3.63) is 71.4 Å². The van der Waals surface area contributed by atoms with Crippen LogP contribution in [0, 0.1) is 6.92 Å². The number of fused-ring (bicyclic) bond motifs is 1. The van der Waals surface area contributed by atoms with Gasteiger partial charge in [-0.1, -0.05) is 30.3 Å². The fourth-order valence-electron chi connectivity index (χ4n) is 2.47. The van der Waals surface area contributed by atoms with Gasteiger partial charge in [0.15, 0.2) is 0 Å². The van der Waals surface area contributed by atoms with Crippen molar-refractivity contribution < 1.29 is 5.11 Å². The first-order valence-corrected chi connectivity index (χ1v) is 7.05. The summed E-state index contributed by atoms with van der Waals surface area (Å²) >= 11 is 0. The van der Waals surface area contributed by atoms with Gasteiger partial charge in [-0.05, 0) is 42.3 Å². The third-order valence-electron chi connectivity index (χ3n) is 3.55. The number of hydrogen-bond donors (Lipinski definition) is 2. The summed E-state index contributed by atoms with van der Waals surface area (Å²) < 4.78 is 0. The SMILES string of the molecule is Cc1cc(CNc2ccc(CO)cc2)c2ccccc2n1. The third kappa shape index (κ3) is 3.03. The number of hydrogen-bond acceptors (Lipinski definition) is 3. The summed E-state index contributed by atoms with van der Waals surface area (Å²) in [5, 5.41) is 13.7. The molecule has 1 heterocycles. The minimum atomic E-state index is 0.0778. The molecule has 0 unspecified atom stereocenters. The van der Waals surface area contributed by atoms with Gasteiger partial charge in [0.05, 0.1) is 12.1 Å². The van der Waals surface area contributed by atoms with Gasteiger partial charge in [0.2, 0.25) is 0 Å². The lowest BCUT2D eigenvalue weighted by Gasteiger charge is -2.10. The Bertz CT molecular complexity index is 751. The Labute approximate surface area is 124 Å². The Morgan fingerprint density at radius 2 is 1.81 bits per heavy atom. The lowest BCUT2D eigenvalue weighted by atomic mass is 10.1. The summed E-state index contributed by atoms with van der Waals surface area (Å²) in [6, 6.07) is 18.2. The molecule has 0 spiro atoms. The molecule has 0 atom stereocenters. The average molecular weight is 278 g/mol. The molecule has 0 aliphatic heterocycles. The summed E-state index contributed by atoms with van der Waals surface area (Å²) in [5.41, 5.74) is 5.27. The molecule has 3 rings (SSSR count). The molecule has 1 aromatic heterocycles. The van der Waals surface area contributed by atoms with E-state index in [1.807, 2.05) is 49.4 Å². The van der Waals surface area contributed by atoms with Gasteiger partial charge < -0.3 is 10.4 Å². The lowest BCUT2D eigenvalue weighted by molar-refractivity contribution is 0.282. The van der Waals surface area contributed by atoms with Crippen molar-refractivity contribution in [1.29, 1.82) is 0 Å². The van der Waals surface area contributed by atoms with E-state index in [9.17, 15) is 0 Å². The minimum absolute atomic E-state index is 0.0778. The highest BCUT2D eigenvalue weighted by atomic mass is 16.3. The van der Waals surface area contributed by atoms with Crippen LogP contribution in [0.3, 0.4) is 0 Å². The quantitative estimate of drug-likeness (QED) is 0.765. The number of aliphatic hydroxyl groups excluding tert-OH is 1. The van der Waals surface area contributed by atoms with Gasteiger partial charge >= 0.3 is 0 Å². The molecule has 2 aromatic carbocycles. The molecule has 2 N–H and O–H groups in total. The maximum absolute atomic E-state index is 9.06. The van der Waals surface area contributed by atoms with Crippen molar-refractivity contribution in [2.45, 2.75) is 20.1 Å². The second-order valence-corrected chi connectivity index (χ2v) is 5.15. The summed E-state index contributed by atoms with van der Waals surface area (Å²) in [5.74, 6) is 0. The third-order valence-corrected chi connectivity index (χ3v) is 3.55. The highest BCUT2D eigenvalue weighted by Gasteiger charge is 2.03. The Hall–Kier alpha value is -2.39. The van der Waals surface area contributed by atoms with Crippen LogP contribution in [-0.2, 0) is 13.2 Å². The van der Waals surface area contributed by atoms with Crippen LogP contribution in [0.1, 0.15) is 16.8 Å². The summed E-state index contributed by atoms with van der Waals surface area (Å²) in [4.78, 5) is 4.56. The first-order valence-electron chi connectivity index (χ1n) is 7.05. The van der Waals surface area contributed by atoms with E-state index < -0.39 is 0 Å². The molecule has 3 nitrogen and oxygen atoms in total. The number of aliphatic hydroxyl groups is 1. The molecule has 0 fully saturated rings. The molecule has 0 bridgehead atoms. The molecule has 3 heteroatoms. The Morgan fingerprint density at radius 3 is 2.57 bits per heavy atom. The topological polar surface area (TPSA) is 45.1 Å². The molecule has 106 valence electrons. The van der Waals surface area contributed by atoms with E-state index in [1.165, 1.54) is 10.9 Å². The molecule has 0 saturated carbocycles. The Kier molecular flexibility index (Phi) is 3.84. The number of pyridine rings is 1. The summed E-state index contributed by atoms with van der Waals surface area (Å²) in [6.45, 7) is 2.85. The van der Waals surface area contributed by atoms with Crippen LogP contribution in [0.2, 0.25) is 0 Å². The van der Waals surface area contributed by atoms with Gasteiger partial charge in [-0.25, -0.2) is 0 Å². The molecular weight excluding hydrogens is 260 g/mol. The van der Waals surface area contributed by atoms with E-state index >= 15 is 0 Å². The standard InChI is InChI=1S/C18H18N2O/c1-13-10-15(17-4-2-3-5-18(17)20-13)11-19-16-8-6-14(12-21)7-9-16/h2-10,19,21H,11-12H2,1H3.